The topological polar surface area (TPSA) is 45.2 Å². The number of amides is 1. The van der Waals surface area contributed by atoms with Crippen LogP contribution in [-0.4, -0.2) is 17.4 Å². The van der Waals surface area contributed by atoms with Gasteiger partial charge in [0.25, 0.3) is 5.91 Å². The summed E-state index contributed by atoms with van der Waals surface area (Å²) < 4.78 is 1.09. The first-order valence-electron chi connectivity index (χ1n) is 9.27. The predicted octanol–water partition coefficient (Wildman–Crippen LogP) is 5.48. The highest BCUT2D eigenvalue weighted by molar-refractivity contribution is 9.10. The Hall–Kier alpha value is -2.18. The van der Waals surface area contributed by atoms with Gasteiger partial charge in [-0.2, -0.15) is 0 Å². The lowest BCUT2D eigenvalue weighted by Crippen LogP contribution is -2.23. The van der Waals surface area contributed by atoms with E-state index in [1.165, 1.54) is 10.4 Å². The normalized spacial score (nSPS) is 10.7. The lowest BCUT2D eigenvalue weighted by molar-refractivity contribution is 0.0956. The van der Waals surface area contributed by atoms with E-state index in [-0.39, 0.29) is 5.91 Å². The van der Waals surface area contributed by atoms with E-state index in [2.05, 4.69) is 51.3 Å². The second-order valence-corrected chi connectivity index (χ2v) is 8.68. The largest absolute Gasteiger partial charge is 0.352 e. The number of carbonyl (C=O) groups is 1. The van der Waals surface area contributed by atoms with Crippen molar-refractivity contribution in [3.05, 3.63) is 80.3 Å². The quantitative estimate of drug-likeness (QED) is 0.510. The van der Waals surface area contributed by atoms with Gasteiger partial charge < -0.3 is 10.2 Å². The van der Waals surface area contributed by atoms with Gasteiger partial charge in [-0.1, -0.05) is 46.3 Å². The van der Waals surface area contributed by atoms with Crippen molar-refractivity contribution < 1.29 is 4.79 Å². The Balaban J connectivity index is 1.85. The third-order valence-electron chi connectivity index (χ3n) is 4.53. The Morgan fingerprint density at radius 1 is 1.11 bits per heavy atom. The molecule has 28 heavy (non-hydrogen) atoms. The van der Waals surface area contributed by atoms with Gasteiger partial charge in [0, 0.05) is 34.5 Å². The molecule has 0 aliphatic rings. The number of rotatable bonds is 7. The van der Waals surface area contributed by atoms with Crippen molar-refractivity contribution in [2.45, 2.75) is 33.9 Å². The number of aryl methyl sites for hydroxylation is 2. The van der Waals surface area contributed by atoms with Gasteiger partial charge in [0.05, 0.1) is 5.69 Å². The molecule has 1 N–H and O–H groups in total. The van der Waals surface area contributed by atoms with Crippen LogP contribution in [0.2, 0.25) is 0 Å². The van der Waals surface area contributed by atoms with Crippen LogP contribution in [-0.2, 0) is 13.1 Å². The molecule has 0 fully saturated rings. The Kier molecular flexibility index (Phi) is 6.86. The number of halogens is 1. The highest BCUT2D eigenvalue weighted by Crippen LogP contribution is 2.29. The van der Waals surface area contributed by atoms with Crippen molar-refractivity contribution in [2.24, 2.45) is 0 Å². The summed E-state index contributed by atoms with van der Waals surface area (Å²) in [4.78, 5) is 20.3. The lowest BCUT2D eigenvalue weighted by Gasteiger charge is -2.23. The Morgan fingerprint density at radius 3 is 2.43 bits per heavy atom. The van der Waals surface area contributed by atoms with Crippen LogP contribution in [0.4, 0.5) is 5.13 Å². The monoisotopic (exact) mass is 457 g/mol. The molecular weight excluding hydrogens is 434 g/mol. The van der Waals surface area contributed by atoms with E-state index in [1.807, 2.05) is 44.2 Å². The van der Waals surface area contributed by atoms with Gasteiger partial charge in [-0.25, -0.2) is 4.98 Å². The molecule has 1 amide bonds. The molecular formula is C22H24BrN3OS. The number of nitrogens with one attached hydrogen (secondary N) is 1. The molecule has 1 heterocycles. The van der Waals surface area contributed by atoms with E-state index >= 15 is 0 Å². The van der Waals surface area contributed by atoms with Gasteiger partial charge in [-0.3, -0.25) is 4.79 Å². The van der Waals surface area contributed by atoms with Crippen LogP contribution >= 0.6 is 27.3 Å². The standard InChI is InChI=1S/C22H24BrN3OS/c1-4-24-21(27)18-11-9-17(10-12-18)13-26(22-25-15(2)16(3)28-22)14-19-7-5-6-8-20(19)23/h5-12H,4,13-14H2,1-3H3,(H,24,27). The second kappa shape index (κ2) is 9.34. The SMILES string of the molecule is CCNC(=O)c1ccc(CN(Cc2ccccc2Br)c2nc(C)c(C)s2)cc1. The first-order chi connectivity index (χ1) is 13.5. The van der Waals surface area contributed by atoms with Gasteiger partial charge >= 0.3 is 0 Å². The number of hydrogen-bond acceptors (Lipinski definition) is 4. The number of benzene rings is 2. The van der Waals surface area contributed by atoms with Crippen molar-refractivity contribution in [1.29, 1.82) is 0 Å². The van der Waals surface area contributed by atoms with Crippen molar-refractivity contribution in [2.75, 3.05) is 11.4 Å². The van der Waals surface area contributed by atoms with E-state index < -0.39 is 0 Å². The molecule has 0 saturated carbocycles. The van der Waals surface area contributed by atoms with Gasteiger partial charge in [0.15, 0.2) is 5.13 Å². The fourth-order valence-electron chi connectivity index (χ4n) is 2.86. The molecule has 0 saturated heterocycles. The minimum absolute atomic E-state index is 0.0368. The zero-order valence-corrected chi connectivity index (χ0v) is 18.7. The summed E-state index contributed by atoms with van der Waals surface area (Å²) in [6, 6.07) is 16.1. The van der Waals surface area contributed by atoms with Crippen molar-refractivity contribution in [1.82, 2.24) is 10.3 Å². The van der Waals surface area contributed by atoms with Crippen LogP contribution in [0.5, 0.6) is 0 Å². The van der Waals surface area contributed by atoms with Gasteiger partial charge in [0.1, 0.15) is 0 Å². The first-order valence-corrected chi connectivity index (χ1v) is 10.9. The molecule has 0 bridgehead atoms. The van der Waals surface area contributed by atoms with E-state index in [4.69, 9.17) is 4.98 Å². The van der Waals surface area contributed by atoms with E-state index in [0.717, 1.165) is 34.0 Å². The van der Waals surface area contributed by atoms with Gasteiger partial charge in [-0.05, 0) is 50.1 Å². The van der Waals surface area contributed by atoms with Crippen molar-refractivity contribution >= 4 is 38.3 Å². The number of thiazole rings is 1. The van der Waals surface area contributed by atoms with E-state index in [0.29, 0.717) is 12.1 Å². The Bertz CT molecular complexity index is 933. The number of anilines is 1. The summed E-state index contributed by atoms with van der Waals surface area (Å²) in [6.45, 7) is 8.18. The lowest BCUT2D eigenvalue weighted by atomic mass is 10.1. The van der Waals surface area contributed by atoms with Crippen LogP contribution in [0.25, 0.3) is 0 Å². The number of aromatic nitrogens is 1. The number of hydrogen-bond donors (Lipinski definition) is 1. The third-order valence-corrected chi connectivity index (χ3v) is 6.44. The third kappa shape index (κ3) is 5.00. The highest BCUT2D eigenvalue weighted by atomic mass is 79.9. The number of nitrogens with zero attached hydrogens (tertiary/aromatic N) is 2. The zero-order chi connectivity index (χ0) is 20.1. The van der Waals surface area contributed by atoms with Gasteiger partial charge in [0.2, 0.25) is 0 Å². The fourth-order valence-corrected chi connectivity index (χ4v) is 4.18. The summed E-state index contributed by atoms with van der Waals surface area (Å²) in [5, 5.41) is 3.85. The average molecular weight is 458 g/mol. The molecule has 0 aliphatic heterocycles. The molecule has 0 atom stereocenters. The molecule has 3 aromatic rings. The minimum Gasteiger partial charge on any atom is -0.352 e. The minimum atomic E-state index is -0.0368. The maximum atomic E-state index is 12.0. The summed E-state index contributed by atoms with van der Waals surface area (Å²) in [6.07, 6.45) is 0. The maximum absolute atomic E-state index is 12.0. The zero-order valence-electron chi connectivity index (χ0n) is 16.3. The average Bonchev–Trinajstić information content (AvgIpc) is 3.02. The molecule has 0 aliphatic carbocycles. The van der Waals surface area contributed by atoms with Crippen LogP contribution in [0, 0.1) is 13.8 Å². The van der Waals surface area contributed by atoms with E-state index in [1.54, 1.807) is 11.3 Å². The fraction of sp³-hybridized carbons (Fsp3) is 0.273. The van der Waals surface area contributed by atoms with Crippen LogP contribution in [0.3, 0.4) is 0 Å². The summed E-state index contributed by atoms with van der Waals surface area (Å²) in [5.74, 6) is -0.0368. The predicted molar refractivity (Wildman–Crippen MR) is 120 cm³/mol. The molecule has 3 rings (SSSR count). The van der Waals surface area contributed by atoms with E-state index in [9.17, 15) is 4.79 Å². The molecule has 2 aromatic carbocycles. The summed E-state index contributed by atoms with van der Waals surface area (Å²) >= 11 is 5.37. The molecule has 6 heteroatoms. The maximum Gasteiger partial charge on any atom is 0.251 e. The Morgan fingerprint density at radius 2 is 1.82 bits per heavy atom. The number of carbonyl (C=O) groups excluding carboxylic acids is 1. The van der Waals surface area contributed by atoms with Crippen LogP contribution in [0.1, 0.15) is 39.0 Å². The van der Waals surface area contributed by atoms with Crippen LogP contribution in [0.15, 0.2) is 53.0 Å². The van der Waals surface area contributed by atoms with Crippen LogP contribution < -0.4 is 10.2 Å². The Labute approximate surface area is 178 Å². The molecule has 1 aromatic heterocycles. The summed E-state index contributed by atoms with van der Waals surface area (Å²) in [7, 11) is 0. The molecule has 146 valence electrons. The molecule has 0 unspecified atom stereocenters. The molecule has 0 spiro atoms. The smallest absolute Gasteiger partial charge is 0.251 e. The van der Waals surface area contributed by atoms with Gasteiger partial charge in [-0.15, -0.1) is 11.3 Å². The second-order valence-electron chi connectivity index (χ2n) is 6.64. The first kappa shape index (κ1) is 20.6. The molecule has 4 nitrogen and oxygen atoms in total. The summed E-state index contributed by atoms with van der Waals surface area (Å²) in [5.41, 5.74) is 4.12. The van der Waals surface area contributed by atoms with Crippen molar-refractivity contribution in [3.63, 3.8) is 0 Å². The highest BCUT2D eigenvalue weighted by Gasteiger charge is 2.15. The molecule has 0 radical (unpaired) electrons. The van der Waals surface area contributed by atoms with Crippen molar-refractivity contribution in [3.8, 4) is 0 Å².